The molecule has 2 atom stereocenters. The molecule has 1 amide bonds. The summed E-state index contributed by atoms with van der Waals surface area (Å²) in [5, 5.41) is 13.9. The maximum Gasteiger partial charge on any atom is 0.269 e. The Morgan fingerprint density at radius 3 is 2.21 bits per heavy atom. The molecule has 1 N–H and O–H groups in total. The van der Waals surface area contributed by atoms with Gasteiger partial charge in [-0.15, -0.1) is 0 Å². The highest BCUT2D eigenvalue weighted by Crippen LogP contribution is 2.41. The first-order valence-corrected chi connectivity index (χ1v) is 8.94. The third-order valence-electron chi connectivity index (χ3n) is 5.68. The number of nitrogens with zero attached hydrogens (tertiary/aromatic N) is 2. The number of rotatable bonds is 4. The summed E-state index contributed by atoms with van der Waals surface area (Å²) < 4.78 is 0. The van der Waals surface area contributed by atoms with E-state index >= 15 is 0 Å². The van der Waals surface area contributed by atoms with Crippen LogP contribution in [0.15, 0.2) is 24.3 Å². The Kier molecular flexibility index (Phi) is 4.00. The highest BCUT2D eigenvalue weighted by atomic mass is 16.6. The van der Waals surface area contributed by atoms with Crippen LogP contribution in [0.3, 0.4) is 0 Å². The third-order valence-corrected chi connectivity index (χ3v) is 5.68. The van der Waals surface area contributed by atoms with E-state index in [4.69, 9.17) is 0 Å². The molecule has 3 aliphatic rings. The zero-order valence-electron chi connectivity index (χ0n) is 13.7. The quantitative estimate of drug-likeness (QED) is 0.681. The van der Waals surface area contributed by atoms with E-state index in [1.54, 1.807) is 0 Å². The van der Waals surface area contributed by atoms with Gasteiger partial charge in [-0.05, 0) is 50.7 Å². The predicted octanol–water partition coefficient (Wildman–Crippen LogP) is 2.87. The molecule has 0 unspecified atom stereocenters. The number of carbonyl (C=O) groups excluding carboxylic acids is 1. The fourth-order valence-corrected chi connectivity index (χ4v) is 4.51. The van der Waals surface area contributed by atoms with E-state index in [0.29, 0.717) is 17.6 Å². The predicted molar refractivity (Wildman–Crippen MR) is 89.9 cm³/mol. The Hall–Kier alpha value is -1.95. The minimum Gasteiger partial charge on any atom is -0.349 e. The van der Waals surface area contributed by atoms with Gasteiger partial charge in [0.15, 0.2) is 0 Å². The largest absolute Gasteiger partial charge is 0.349 e. The van der Waals surface area contributed by atoms with Crippen molar-refractivity contribution in [2.75, 3.05) is 0 Å². The van der Waals surface area contributed by atoms with Crippen LogP contribution >= 0.6 is 0 Å². The number of carbonyl (C=O) groups is 1. The van der Waals surface area contributed by atoms with Gasteiger partial charge in [-0.1, -0.05) is 6.42 Å². The Morgan fingerprint density at radius 2 is 1.67 bits per heavy atom. The standard InChI is InChI=1S/C18H23N3O3/c22-18(12-4-6-15(7-5-12)21(23)24)19-13-10-16-2-1-3-17(11-13)20(16)14-8-9-14/h4-7,13-14,16-17H,1-3,8-11H2,(H,19,22)/t16-,17-/m0/s1. The number of hydrogen-bond donors (Lipinski definition) is 1. The van der Waals surface area contributed by atoms with E-state index in [0.717, 1.165) is 18.9 Å². The molecule has 4 rings (SSSR count). The summed E-state index contributed by atoms with van der Waals surface area (Å²) in [6, 6.07) is 8.10. The van der Waals surface area contributed by atoms with Crippen LogP contribution in [0.5, 0.6) is 0 Å². The number of amides is 1. The molecule has 2 heterocycles. The second-order valence-corrected chi connectivity index (χ2v) is 7.36. The Balaban J connectivity index is 1.40. The first kappa shape index (κ1) is 15.6. The molecule has 2 bridgehead atoms. The van der Waals surface area contributed by atoms with E-state index in [1.807, 2.05) is 0 Å². The SMILES string of the molecule is O=C(NC1C[C@@H]2CCC[C@@H](C1)N2C1CC1)c1ccc([N+](=O)[O-])cc1. The van der Waals surface area contributed by atoms with Crippen LogP contribution < -0.4 is 5.32 Å². The molecule has 1 aromatic carbocycles. The zero-order chi connectivity index (χ0) is 16.7. The van der Waals surface area contributed by atoms with Gasteiger partial charge in [0.1, 0.15) is 0 Å². The minimum atomic E-state index is -0.448. The molecular weight excluding hydrogens is 306 g/mol. The molecule has 2 aliphatic heterocycles. The Bertz CT molecular complexity index is 627. The number of benzene rings is 1. The molecule has 2 saturated heterocycles. The topological polar surface area (TPSA) is 75.5 Å². The summed E-state index contributed by atoms with van der Waals surface area (Å²) in [4.78, 5) is 25.4. The van der Waals surface area contributed by atoms with Gasteiger partial charge in [-0.25, -0.2) is 0 Å². The van der Waals surface area contributed by atoms with Gasteiger partial charge in [0.2, 0.25) is 0 Å². The summed E-state index contributed by atoms with van der Waals surface area (Å²) in [5.74, 6) is -0.118. The lowest BCUT2D eigenvalue weighted by molar-refractivity contribution is -0.384. The maximum absolute atomic E-state index is 12.4. The zero-order valence-corrected chi connectivity index (χ0v) is 13.7. The minimum absolute atomic E-state index is 0.0128. The van der Waals surface area contributed by atoms with Crippen molar-refractivity contribution in [2.24, 2.45) is 0 Å². The molecule has 0 radical (unpaired) electrons. The van der Waals surface area contributed by atoms with Crippen molar-refractivity contribution in [2.45, 2.75) is 69.1 Å². The van der Waals surface area contributed by atoms with Crippen LogP contribution in [-0.2, 0) is 0 Å². The van der Waals surface area contributed by atoms with Gasteiger partial charge in [-0.2, -0.15) is 0 Å². The van der Waals surface area contributed by atoms with E-state index in [1.165, 1.54) is 56.4 Å². The number of nitrogens with one attached hydrogen (secondary N) is 1. The van der Waals surface area contributed by atoms with E-state index in [-0.39, 0.29) is 17.6 Å². The van der Waals surface area contributed by atoms with Crippen molar-refractivity contribution >= 4 is 11.6 Å². The van der Waals surface area contributed by atoms with Crippen molar-refractivity contribution in [3.63, 3.8) is 0 Å². The van der Waals surface area contributed by atoms with E-state index < -0.39 is 4.92 Å². The Labute approximate surface area is 141 Å². The van der Waals surface area contributed by atoms with Crippen LogP contribution in [0.1, 0.15) is 55.3 Å². The molecule has 6 heteroatoms. The van der Waals surface area contributed by atoms with Crippen molar-refractivity contribution in [1.29, 1.82) is 0 Å². The number of fused-ring (bicyclic) bond motifs is 2. The molecule has 1 saturated carbocycles. The average Bonchev–Trinajstić information content (AvgIpc) is 3.39. The highest BCUT2D eigenvalue weighted by molar-refractivity contribution is 5.94. The summed E-state index contributed by atoms with van der Waals surface area (Å²) in [6.07, 6.45) is 8.55. The number of nitro benzene ring substituents is 1. The Morgan fingerprint density at radius 1 is 1.04 bits per heavy atom. The molecule has 128 valence electrons. The smallest absolute Gasteiger partial charge is 0.269 e. The first-order valence-electron chi connectivity index (χ1n) is 8.94. The van der Waals surface area contributed by atoms with Crippen LogP contribution in [0.4, 0.5) is 5.69 Å². The van der Waals surface area contributed by atoms with Crippen LogP contribution in [0.25, 0.3) is 0 Å². The molecule has 6 nitrogen and oxygen atoms in total. The fourth-order valence-electron chi connectivity index (χ4n) is 4.51. The molecule has 0 aromatic heterocycles. The van der Waals surface area contributed by atoms with Crippen molar-refractivity contribution in [3.05, 3.63) is 39.9 Å². The van der Waals surface area contributed by atoms with Gasteiger partial charge in [0.05, 0.1) is 4.92 Å². The molecule has 24 heavy (non-hydrogen) atoms. The van der Waals surface area contributed by atoms with Crippen LogP contribution in [0.2, 0.25) is 0 Å². The summed E-state index contributed by atoms with van der Waals surface area (Å²) >= 11 is 0. The summed E-state index contributed by atoms with van der Waals surface area (Å²) in [6.45, 7) is 0. The number of nitro groups is 1. The fraction of sp³-hybridized carbons (Fsp3) is 0.611. The van der Waals surface area contributed by atoms with Gasteiger partial charge >= 0.3 is 0 Å². The first-order chi connectivity index (χ1) is 11.6. The normalized spacial score (nSPS) is 29.9. The van der Waals surface area contributed by atoms with Gasteiger partial charge in [0, 0.05) is 41.9 Å². The van der Waals surface area contributed by atoms with Gasteiger partial charge in [0.25, 0.3) is 11.6 Å². The van der Waals surface area contributed by atoms with E-state index in [9.17, 15) is 14.9 Å². The molecule has 0 spiro atoms. The molecule has 1 aliphatic carbocycles. The average molecular weight is 329 g/mol. The summed E-state index contributed by atoms with van der Waals surface area (Å²) in [7, 11) is 0. The lowest BCUT2D eigenvalue weighted by Gasteiger charge is -2.49. The lowest BCUT2D eigenvalue weighted by Crippen LogP contribution is -2.57. The van der Waals surface area contributed by atoms with Crippen LogP contribution in [-0.4, -0.2) is 39.9 Å². The van der Waals surface area contributed by atoms with Gasteiger partial charge < -0.3 is 5.32 Å². The second kappa shape index (κ2) is 6.16. The van der Waals surface area contributed by atoms with Gasteiger partial charge in [-0.3, -0.25) is 19.8 Å². The lowest BCUT2D eigenvalue weighted by atomic mass is 9.81. The number of non-ortho nitro benzene ring substituents is 1. The number of piperidine rings is 2. The molecular formula is C18H23N3O3. The highest BCUT2D eigenvalue weighted by Gasteiger charge is 2.45. The van der Waals surface area contributed by atoms with E-state index in [2.05, 4.69) is 10.2 Å². The third kappa shape index (κ3) is 3.02. The van der Waals surface area contributed by atoms with Crippen molar-refractivity contribution < 1.29 is 9.72 Å². The van der Waals surface area contributed by atoms with Crippen molar-refractivity contribution in [1.82, 2.24) is 10.2 Å². The monoisotopic (exact) mass is 329 g/mol. The maximum atomic E-state index is 12.4. The number of hydrogen-bond acceptors (Lipinski definition) is 4. The second-order valence-electron chi connectivity index (χ2n) is 7.36. The van der Waals surface area contributed by atoms with Crippen molar-refractivity contribution in [3.8, 4) is 0 Å². The molecule has 3 fully saturated rings. The van der Waals surface area contributed by atoms with Crippen LogP contribution in [0, 0.1) is 10.1 Å². The molecule has 1 aromatic rings. The summed E-state index contributed by atoms with van der Waals surface area (Å²) in [5.41, 5.74) is 0.509.